The summed E-state index contributed by atoms with van der Waals surface area (Å²) >= 11 is 0. The highest BCUT2D eigenvalue weighted by molar-refractivity contribution is 5.78. The predicted molar refractivity (Wildman–Crippen MR) is 71.9 cm³/mol. The summed E-state index contributed by atoms with van der Waals surface area (Å²) in [6.07, 6.45) is 2.06. The average molecular weight is 229 g/mol. The molecule has 1 aromatic carbocycles. The van der Waals surface area contributed by atoms with Crippen LogP contribution in [0.2, 0.25) is 0 Å². The molecule has 3 N–H and O–H groups in total. The Morgan fingerprint density at radius 1 is 1.29 bits per heavy atom. The van der Waals surface area contributed by atoms with Gasteiger partial charge in [0.2, 0.25) is 0 Å². The minimum atomic E-state index is 0.599. The van der Waals surface area contributed by atoms with Crippen molar-refractivity contribution in [2.45, 2.75) is 33.6 Å². The molecule has 0 aliphatic heterocycles. The molecule has 0 unspecified atom stereocenters. The Hall–Kier alpha value is -1.77. The number of nitrogens with one attached hydrogen (secondary N) is 1. The molecule has 1 aromatic heterocycles. The number of aromatic amines is 1. The number of rotatable bonds is 3. The topological polar surface area (TPSA) is 54.7 Å². The second kappa shape index (κ2) is 4.62. The first-order valence-electron chi connectivity index (χ1n) is 6.03. The van der Waals surface area contributed by atoms with Crippen LogP contribution >= 0.6 is 0 Å². The second-order valence-electron chi connectivity index (χ2n) is 4.53. The van der Waals surface area contributed by atoms with Crippen LogP contribution in [0.3, 0.4) is 0 Å². The molecule has 17 heavy (non-hydrogen) atoms. The van der Waals surface area contributed by atoms with Gasteiger partial charge in [0.15, 0.2) is 5.82 Å². The summed E-state index contributed by atoms with van der Waals surface area (Å²) in [4.78, 5) is 0. The number of anilines is 1. The highest BCUT2D eigenvalue weighted by atomic mass is 15.2. The normalized spacial score (nSPS) is 10.8. The molecule has 0 atom stereocenters. The number of H-pyrrole nitrogens is 1. The third-order valence-corrected chi connectivity index (χ3v) is 3.03. The van der Waals surface area contributed by atoms with Crippen LogP contribution in [0.5, 0.6) is 0 Å². The monoisotopic (exact) mass is 229 g/mol. The molecule has 0 saturated carbocycles. The first-order chi connectivity index (χ1) is 8.13. The summed E-state index contributed by atoms with van der Waals surface area (Å²) in [7, 11) is 0. The van der Waals surface area contributed by atoms with Crippen molar-refractivity contribution < 1.29 is 0 Å². The summed E-state index contributed by atoms with van der Waals surface area (Å²) in [5, 5.41) is 7.18. The zero-order valence-electron chi connectivity index (χ0n) is 10.7. The van der Waals surface area contributed by atoms with E-state index in [0.29, 0.717) is 5.82 Å². The van der Waals surface area contributed by atoms with Crippen LogP contribution in [0.25, 0.3) is 11.1 Å². The molecular weight excluding hydrogens is 210 g/mol. The third kappa shape index (κ3) is 2.18. The van der Waals surface area contributed by atoms with E-state index in [9.17, 15) is 0 Å². The van der Waals surface area contributed by atoms with Crippen LogP contribution in [-0.4, -0.2) is 10.2 Å². The van der Waals surface area contributed by atoms with Gasteiger partial charge in [-0.05, 0) is 31.4 Å². The van der Waals surface area contributed by atoms with Crippen LogP contribution in [-0.2, 0) is 6.42 Å². The van der Waals surface area contributed by atoms with E-state index in [2.05, 4.69) is 49.2 Å². The van der Waals surface area contributed by atoms with Crippen molar-refractivity contribution >= 4 is 5.82 Å². The van der Waals surface area contributed by atoms with E-state index in [4.69, 9.17) is 5.73 Å². The molecule has 0 aliphatic carbocycles. The number of nitrogens with two attached hydrogens (primary N) is 1. The van der Waals surface area contributed by atoms with Gasteiger partial charge in [0.25, 0.3) is 0 Å². The molecule has 2 rings (SSSR count). The number of hydrogen-bond acceptors (Lipinski definition) is 2. The molecule has 0 saturated heterocycles. The van der Waals surface area contributed by atoms with Gasteiger partial charge in [-0.3, -0.25) is 5.10 Å². The van der Waals surface area contributed by atoms with Crippen molar-refractivity contribution in [3.8, 4) is 11.1 Å². The lowest BCUT2D eigenvalue weighted by Gasteiger charge is -2.08. The smallest absolute Gasteiger partial charge is 0.153 e. The van der Waals surface area contributed by atoms with Gasteiger partial charge < -0.3 is 5.73 Å². The molecule has 0 bridgehead atoms. The molecule has 3 nitrogen and oxygen atoms in total. The molecule has 0 fully saturated rings. The van der Waals surface area contributed by atoms with E-state index in [0.717, 1.165) is 24.1 Å². The highest BCUT2D eigenvalue weighted by Gasteiger charge is 2.14. The van der Waals surface area contributed by atoms with Crippen molar-refractivity contribution in [2.24, 2.45) is 0 Å². The van der Waals surface area contributed by atoms with E-state index in [1.165, 1.54) is 16.7 Å². The SMILES string of the molecule is CCCc1[nH]nc(N)c1-c1cc(C)ccc1C. The molecule has 2 aromatic rings. The summed E-state index contributed by atoms with van der Waals surface area (Å²) < 4.78 is 0. The molecular formula is C14H19N3. The van der Waals surface area contributed by atoms with E-state index >= 15 is 0 Å². The fourth-order valence-electron chi connectivity index (χ4n) is 2.13. The third-order valence-electron chi connectivity index (χ3n) is 3.03. The molecule has 0 radical (unpaired) electrons. The van der Waals surface area contributed by atoms with Crippen LogP contribution in [0.4, 0.5) is 5.82 Å². The minimum Gasteiger partial charge on any atom is -0.382 e. The lowest BCUT2D eigenvalue weighted by atomic mass is 9.97. The van der Waals surface area contributed by atoms with Gasteiger partial charge >= 0.3 is 0 Å². The van der Waals surface area contributed by atoms with Crippen molar-refractivity contribution in [3.63, 3.8) is 0 Å². The maximum absolute atomic E-state index is 5.98. The van der Waals surface area contributed by atoms with Crippen LogP contribution in [0.1, 0.15) is 30.2 Å². The van der Waals surface area contributed by atoms with Gasteiger partial charge in [0.05, 0.1) is 0 Å². The van der Waals surface area contributed by atoms with Gasteiger partial charge in [0, 0.05) is 11.3 Å². The Labute approximate surface area is 102 Å². The van der Waals surface area contributed by atoms with Gasteiger partial charge in [0.1, 0.15) is 0 Å². The lowest BCUT2D eigenvalue weighted by molar-refractivity contribution is 0.868. The number of benzene rings is 1. The van der Waals surface area contributed by atoms with Gasteiger partial charge in [-0.25, -0.2) is 0 Å². The largest absolute Gasteiger partial charge is 0.382 e. The average Bonchev–Trinajstić information content (AvgIpc) is 2.64. The zero-order valence-corrected chi connectivity index (χ0v) is 10.7. The first-order valence-corrected chi connectivity index (χ1v) is 6.03. The fraction of sp³-hybridized carbons (Fsp3) is 0.357. The molecule has 1 heterocycles. The Morgan fingerprint density at radius 3 is 2.76 bits per heavy atom. The minimum absolute atomic E-state index is 0.599. The van der Waals surface area contributed by atoms with Crippen molar-refractivity contribution in [3.05, 3.63) is 35.0 Å². The molecule has 0 amide bonds. The Bertz CT molecular complexity index is 526. The van der Waals surface area contributed by atoms with E-state index in [-0.39, 0.29) is 0 Å². The van der Waals surface area contributed by atoms with Crippen LogP contribution in [0, 0.1) is 13.8 Å². The highest BCUT2D eigenvalue weighted by Crippen LogP contribution is 2.31. The van der Waals surface area contributed by atoms with E-state index < -0.39 is 0 Å². The van der Waals surface area contributed by atoms with E-state index in [1.54, 1.807) is 0 Å². The van der Waals surface area contributed by atoms with Crippen molar-refractivity contribution in [1.29, 1.82) is 0 Å². The molecule has 0 aliphatic rings. The summed E-state index contributed by atoms with van der Waals surface area (Å²) in [6, 6.07) is 6.43. The molecule has 0 spiro atoms. The maximum atomic E-state index is 5.98. The maximum Gasteiger partial charge on any atom is 0.153 e. The van der Waals surface area contributed by atoms with Crippen molar-refractivity contribution in [2.75, 3.05) is 5.73 Å². The Balaban J connectivity index is 2.58. The lowest BCUT2D eigenvalue weighted by Crippen LogP contribution is -1.93. The number of nitrogen functional groups attached to an aromatic ring is 1. The Morgan fingerprint density at radius 2 is 2.06 bits per heavy atom. The number of nitrogens with zero attached hydrogens (tertiary/aromatic N) is 1. The standard InChI is InChI=1S/C14H19N3/c1-4-5-12-13(14(15)17-16-12)11-8-9(2)6-7-10(11)3/h6-8H,4-5H2,1-3H3,(H3,15,16,17). The quantitative estimate of drug-likeness (QED) is 0.849. The van der Waals surface area contributed by atoms with Gasteiger partial charge in [-0.1, -0.05) is 37.1 Å². The zero-order chi connectivity index (χ0) is 12.4. The van der Waals surface area contributed by atoms with Gasteiger partial charge in [-0.2, -0.15) is 5.10 Å². The first kappa shape index (κ1) is 11.7. The van der Waals surface area contributed by atoms with Crippen LogP contribution < -0.4 is 5.73 Å². The number of aromatic nitrogens is 2. The van der Waals surface area contributed by atoms with Crippen LogP contribution in [0.15, 0.2) is 18.2 Å². The Kier molecular flexibility index (Phi) is 3.18. The second-order valence-corrected chi connectivity index (χ2v) is 4.53. The molecule has 3 heteroatoms. The summed E-state index contributed by atoms with van der Waals surface area (Å²) in [5.74, 6) is 0.599. The van der Waals surface area contributed by atoms with E-state index in [1.807, 2.05) is 0 Å². The number of aryl methyl sites for hydroxylation is 3. The summed E-state index contributed by atoms with van der Waals surface area (Å²) in [6.45, 7) is 6.36. The summed E-state index contributed by atoms with van der Waals surface area (Å²) in [5.41, 5.74) is 11.9. The predicted octanol–water partition coefficient (Wildman–Crippen LogP) is 3.23. The van der Waals surface area contributed by atoms with Crippen molar-refractivity contribution in [1.82, 2.24) is 10.2 Å². The number of hydrogen-bond donors (Lipinski definition) is 2. The van der Waals surface area contributed by atoms with Gasteiger partial charge in [-0.15, -0.1) is 0 Å². The fourth-order valence-corrected chi connectivity index (χ4v) is 2.13. The molecule has 90 valence electrons.